The Morgan fingerprint density at radius 3 is 2.39 bits per heavy atom. The van der Waals surface area contributed by atoms with E-state index in [1.807, 2.05) is 48.5 Å². The minimum absolute atomic E-state index is 0.188. The molecule has 0 saturated carbocycles. The predicted octanol–water partition coefficient (Wildman–Crippen LogP) is 6.32. The van der Waals surface area contributed by atoms with Gasteiger partial charge in [-0.15, -0.1) is 11.8 Å². The fourth-order valence-electron chi connectivity index (χ4n) is 3.73. The van der Waals surface area contributed by atoms with Crippen LogP contribution in [0.5, 0.6) is 5.75 Å². The van der Waals surface area contributed by atoms with Crippen LogP contribution in [0.1, 0.15) is 29.5 Å². The van der Waals surface area contributed by atoms with Gasteiger partial charge in [-0.25, -0.2) is 8.42 Å². The fraction of sp³-hybridized carbons (Fsp3) is 0.250. The average molecular weight is 474 g/mol. The molecule has 0 unspecified atom stereocenters. The van der Waals surface area contributed by atoms with E-state index in [4.69, 9.17) is 16.3 Å². The average Bonchev–Trinajstić information content (AvgIpc) is 2.78. The highest BCUT2D eigenvalue weighted by atomic mass is 35.5. The molecule has 0 bridgehead atoms. The highest BCUT2D eigenvalue weighted by Crippen LogP contribution is 2.35. The number of hydrogen-bond acceptors (Lipinski definition) is 4. The van der Waals surface area contributed by atoms with Crippen LogP contribution in [0.4, 0.5) is 5.69 Å². The lowest BCUT2D eigenvalue weighted by atomic mass is 9.92. The second-order valence-corrected chi connectivity index (χ2v) is 10.6. The number of ether oxygens (including phenoxy) is 1. The molecule has 1 aliphatic carbocycles. The first-order valence-electron chi connectivity index (χ1n) is 10.1. The van der Waals surface area contributed by atoms with Crippen molar-refractivity contribution in [2.24, 2.45) is 0 Å². The Kier molecular flexibility index (Phi) is 6.80. The molecular weight excluding hydrogens is 450 g/mol. The van der Waals surface area contributed by atoms with E-state index in [0.29, 0.717) is 22.2 Å². The first-order valence-corrected chi connectivity index (χ1v) is 13.0. The van der Waals surface area contributed by atoms with Crippen LogP contribution < -0.4 is 9.46 Å². The van der Waals surface area contributed by atoms with E-state index in [2.05, 4.69) is 4.72 Å². The Morgan fingerprint density at radius 1 is 1.00 bits per heavy atom. The number of rotatable bonds is 7. The molecule has 0 heterocycles. The molecule has 0 spiro atoms. The van der Waals surface area contributed by atoms with Crippen molar-refractivity contribution in [3.63, 3.8) is 0 Å². The van der Waals surface area contributed by atoms with Crippen molar-refractivity contribution in [1.82, 2.24) is 0 Å². The number of nitrogens with one attached hydrogen (secondary N) is 1. The number of fused-ring (bicyclic) bond motifs is 1. The smallest absolute Gasteiger partial charge is 0.265 e. The Bertz CT molecular complexity index is 1180. The minimum Gasteiger partial charge on any atom is -0.495 e. The standard InChI is InChI=1S/C24H24ClNO3S2/c1-29-22-14-18-6-2-3-7-19(18)15-24(22)31(27,28)26-21-8-4-5-9-23(21)30-16-17-10-12-20(25)13-11-17/h4-5,8-15,26H,2-3,6-7,16H2,1H3. The molecule has 0 saturated heterocycles. The van der Waals surface area contributed by atoms with E-state index in [1.54, 1.807) is 23.9 Å². The molecule has 0 amide bonds. The SMILES string of the molecule is COc1cc2c(cc1S(=O)(=O)Nc1ccccc1SCc1ccc(Cl)cc1)CCCC2. The number of aryl methyl sites for hydroxylation is 2. The van der Waals surface area contributed by atoms with Crippen LogP contribution in [0.25, 0.3) is 0 Å². The van der Waals surface area contributed by atoms with Gasteiger partial charge >= 0.3 is 0 Å². The number of halogens is 1. The van der Waals surface area contributed by atoms with Gasteiger partial charge in [0.05, 0.1) is 12.8 Å². The number of anilines is 1. The lowest BCUT2D eigenvalue weighted by Crippen LogP contribution is -2.16. The van der Waals surface area contributed by atoms with Crippen molar-refractivity contribution < 1.29 is 13.2 Å². The summed E-state index contributed by atoms with van der Waals surface area (Å²) < 4.78 is 34.9. The maximum absolute atomic E-state index is 13.3. The van der Waals surface area contributed by atoms with Crippen LogP contribution in [0, 0.1) is 0 Å². The topological polar surface area (TPSA) is 55.4 Å². The van der Waals surface area contributed by atoms with Crippen molar-refractivity contribution >= 4 is 39.1 Å². The maximum atomic E-state index is 13.3. The third-order valence-electron chi connectivity index (χ3n) is 5.36. The normalized spacial score (nSPS) is 13.5. The van der Waals surface area contributed by atoms with Crippen LogP contribution in [0.15, 0.2) is 70.5 Å². The van der Waals surface area contributed by atoms with Crippen molar-refractivity contribution in [3.8, 4) is 5.75 Å². The van der Waals surface area contributed by atoms with E-state index in [-0.39, 0.29) is 4.90 Å². The lowest BCUT2D eigenvalue weighted by molar-refractivity contribution is 0.401. The third-order valence-corrected chi connectivity index (χ3v) is 8.14. The first kappa shape index (κ1) is 22.1. The molecule has 3 aromatic carbocycles. The van der Waals surface area contributed by atoms with Crippen molar-refractivity contribution in [2.75, 3.05) is 11.8 Å². The second-order valence-electron chi connectivity index (χ2n) is 7.50. The van der Waals surface area contributed by atoms with Gasteiger partial charge in [0.25, 0.3) is 10.0 Å². The van der Waals surface area contributed by atoms with Gasteiger partial charge in [-0.2, -0.15) is 0 Å². The Balaban J connectivity index is 1.59. The summed E-state index contributed by atoms with van der Waals surface area (Å²) >= 11 is 7.53. The van der Waals surface area contributed by atoms with Gasteiger partial charge in [0, 0.05) is 15.7 Å². The summed E-state index contributed by atoms with van der Waals surface area (Å²) in [5.74, 6) is 1.09. The van der Waals surface area contributed by atoms with Gasteiger partial charge in [-0.3, -0.25) is 4.72 Å². The lowest BCUT2D eigenvalue weighted by Gasteiger charge is -2.20. The van der Waals surface area contributed by atoms with Gasteiger partial charge in [0.1, 0.15) is 10.6 Å². The zero-order chi connectivity index (χ0) is 21.8. The zero-order valence-electron chi connectivity index (χ0n) is 17.2. The fourth-order valence-corrected chi connectivity index (χ4v) is 6.16. The Morgan fingerprint density at radius 2 is 1.68 bits per heavy atom. The summed E-state index contributed by atoms with van der Waals surface area (Å²) in [7, 11) is -2.29. The quantitative estimate of drug-likeness (QED) is 0.408. The monoisotopic (exact) mass is 473 g/mol. The number of para-hydroxylation sites is 1. The van der Waals surface area contributed by atoms with Crippen LogP contribution in [0.2, 0.25) is 5.02 Å². The highest BCUT2D eigenvalue weighted by molar-refractivity contribution is 7.98. The molecule has 0 aliphatic heterocycles. The number of methoxy groups -OCH3 is 1. The van der Waals surface area contributed by atoms with E-state index >= 15 is 0 Å². The molecule has 3 aromatic rings. The maximum Gasteiger partial charge on any atom is 0.265 e. The molecule has 162 valence electrons. The van der Waals surface area contributed by atoms with Gasteiger partial charge in [-0.1, -0.05) is 35.9 Å². The zero-order valence-corrected chi connectivity index (χ0v) is 19.6. The molecule has 1 aliphatic rings. The molecule has 4 nitrogen and oxygen atoms in total. The minimum atomic E-state index is -3.81. The predicted molar refractivity (Wildman–Crippen MR) is 128 cm³/mol. The molecule has 0 radical (unpaired) electrons. The summed E-state index contributed by atoms with van der Waals surface area (Å²) in [6.07, 6.45) is 4.06. The van der Waals surface area contributed by atoms with Crippen LogP contribution in [0.3, 0.4) is 0 Å². The Hall–Kier alpha value is -2.15. The molecule has 31 heavy (non-hydrogen) atoms. The number of hydrogen-bond donors (Lipinski definition) is 1. The summed E-state index contributed by atoms with van der Waals surface area (Å²) in [5, 5.41) is 0.695. The molecule has 0 aromatic heterocycles. The third kappa shape index (κ3) is 5.20. The van der Waals surface area contributed by atoms with Gasteiger partial charge in [-0.05, 0) is 78.8 Å². The van der Waals surface area contributed by atoms with Crippen LogP contribution >= 0.6 is 23.4 Å². The second kappa shape index (κ2) is 9.55. The molecular formula is C24H24ClNO3S2. The highest BCUT2D eigenvalue weighted by Gasteiger charge is 2.24. The first-order chi connectivity index (χ1) is 15.0. The summed E-state index contributed by atoms with van der Waals surface area (Å²) in [6.45, 7) is 0. The largest absolute Gasteiger partial charge is 0.495 e. The van der Waals surface area contributed by atoms with Crippen LogP contribution in [-0.2, 0) is 28.6 Å². The van der Waals surface area contributed by atoms with E-state index in [0.717, 1.165) is 41.7 Å². The van der Waals surface area contributed by atoms with Crippen molar-refractivity contribution in [2.45, 2.75) is 41.2 Å². The van der Waals surface area contributed by atoms with E-state index in [1.165, 1.54) is 12.7 Å². The Labute approximate surface area is 193 Å². The summed E-state index contributed by atoms with van der Waals surface area (Å²) in [5.41, 5.74) is 3.95. The van der Waals surface area contributed by atoms with Crippen LogP contribution in [-0.4, -0.2) is 15.5 Å². The molecule has 1 N–H and O–H groups in total. The number of sulfonamides is 1. The molecule has 0 atom stereocenters. The number of thioether (sulfide) groups is 1. The van der Waals surface area contributed by atoms with Crippen molar-refractivity contribution in [3.05, 3.63) is 82.4 Å². The summed E-state index contributed by atoms with van der Waals surface area (Å²) in [4.78, 5) is 1.05. The molecule has 7 heteroatoms. The van der Waals surface area contributed by atoms with Crippen molar-refractivity contribution in [1.29, 1.82) is 0 Å². The van der Waals surface area contributed by atoms with Gasteiger partial charge < -0.3 is 4.74 Å². The van der Waals surface area contributed by atoms with E-state index < -0.39 is 10.0 Å². The molecule has 4 rings (SSSR count). The van der Waals surface area contributed by atoms with E-state index in [9.17, 15) is 8.42 Å². The number of benzene rings is 3. The summed E-state index contributed by atoms with van der Waals surface area (Å²) in [6, 6.07) is 18.7. The van der Waals surface area contributed by atoms with Gasteiger partial charge in [0.15, 0.2) is 0 Å². The van der Waals surface area contributed by atoms with Gasteiger partial charge in [0.2, 0.25) is 0 Å². The molecule has 0 fully saturated rings.